The van der Waals surface area contributed by atoms with E-state index in [1.165, 1.54) is 10.4 Å². The van der Waals surface area contributed by atoms with Crippen molar-refractivity contribution in [1.29, 1.82) is 0 Å². The summed E-state index contributed by atoms with van der Waals surface area (Å²) in [6.45, 7) is 11.6. The maximum Gasteiger partial charge on any atom is 0.256 e. The average Bonchev–Trinajstić information content (AvgIpc) is 3.09. The number of anilines is 1. The maximum absolute atomic E-state index is 13.0. The molecule has 0 saturated carbocycles. The van der Waals surface area contributed by atoms with Crippen LogP contribution in [0.2, 0.25) is 5.02 Å². The van der Waals surface area contributed by atoms with E-state index in [2.05, 4.69) is 42.0 Å². The number of piperazine rings is 1. The van der Waals surface area contributed by atoms with Gasteiger partial charge in [0.15, 0.2) is 0 Å². The molecule has 0 spiro atoms. The Morgan fingerprint density at radius 3 is 2.34 bits per heavy atom. The van der Waals surface area contributed by atoms with Crippen molar-refractivity contribution >= 4 is 33.8 Å². The largest absolute Gasteiger partial charge is 0.313 e. The van der Waals surface area contributed by atoms with Gasteiger partial charge in [0.05, 0.1) is 6.04 Å². The molecule has 1 fully saturated rings. The summed E-state index contributed by atoms with van der Waals surface area (Å²) in [5.74, 6) is -0.0817. The number of carbonyl (C=O) groups excluding carboxylic acids is 1. The zero-order chi connectivity index (χ0) is 22.7. The number of thiophene rings is 1. The topological polar surface area (TPSA) is 35.6 Å². The van der Waals surface area contributed by atoms with Crippen LogP contribution >= 0.6 is 22.9 Å². The number of nitrogens with zero attached hydrogens (tertiary/aromatic N) is 2. The first kappa shape index (κ1) is 23.0. The number of benzene rings is 2. The van der Waals surface area contributed by atoms with Crippen molar-refractivity contribution in [1.82, 2.24) is 9.80 Å². The van der Waals surface area contributed by atoms with Crippen LogP contribution in [0, 0.1) is 13.8 Å². The summed E-state index contributed by atoms with van der Waals surface area (Å²) >= 11 is 8.39. The predicted octanol–water partition coefficient (Wildman–Crippen LogP) is 6.00. The van der Waals surface area contributed by atoms with E-state index >= 15 is 0 Å². The van der Waals surface area contributed by atoms with E-state index in [0.717, 1.165) is 53.9 Å². The van der Waals surface area contributed by atoms with Gasteiger partial charge in [-0.3, -0.25) is 9.69 Å². The van der Waals surface area contributed by atoms with Crippen molar-refractivity contribution in [2.24, 2.45) is 0 Å². The molecule has 4 nitrogen and oxygen atoms in total. The van der Waals surface area contributed by atoms with Crippen LogP contribution in [0.3, 0.4) is 0 Å². The molecule has 0 unspecified atom stereocenters. The first-order valence-corrected chi connectivity index (χ1v) is 12.4. The Hall–Kier alpha value is -2.18. The Labute approximate surface area is 199 Å². The number of hydrogen-bond acceptors (Lipinski definition) is 4. The van der Waals surface area contributed by atoms with Crippen molar-refractivity contribution in [2.75, 3.05) is 38.0 Å². The minimum atomic E-state index is -0.0817. The molecule has 4 rings (SSSR count). The lowest BCUT2D eigenvalue weighted by molar-refractivity contribution is 0.102. The molecule has 0 radical (unpaired) electrons. The average molecular weight is 468 g/mol. The van der Waals surface area contributed by atoms with Crippen LogP contribution in [-0.2, 0) is 0 Å². The first-order valence-electron chi connectivity index (χ1n) is 11.2. The highest BCUT2D eigenvalue weighted by atomic mass is 35.5. The van der Waals surface area contributed by atoms with Crippen molar-refractivity contribution in [3.63, 3.8) is 0 Å². The number of nitrogens with one attached hydrogen (secondary N) is 1. The van der Waals surface area contributed by atoms with Gasteiger partial charge < -0.3 is 10.2 Å². The molecule has 32 heavy (non-hydrogen) atoms. The zero-order valence-corrected chi connectivity index (χ0v) is 20.5. The van der Waals surface area contributed by atoms with Crippen molar-refractivity contribution < 1.29 is 4.79 Å². The number of aryl methyl sites for hydroxylation is 1. The maximum atomic E-state index is 13.0. The second-order valence-electron chi connectivity index (χ2n) is 8.24. The van der Waals surface area contributed by atoms with E-state index in [1.54, 1.807) is 11.3 Å². The number of hydrogen-bond donors (Lipinski definition) is 1. The number of amides is 1. The van der Waals surface area contributed by atoms with Gasteiger partial charge >= 0.3 is 0 Å². The van der Waals surface area contributed by atoms with Crippen LogP contribution in [0.1, 0.15) is 44.9 Å². The van der Waals surface area contributed by atoms with Gasteiger partial charge in [-0.05, 0) is 49.7 Å². The summed E-state index contributed by atoms with van der Waals surface area (Å²) in [5.41, 5.74) is 4.14. The molecule has 0 aliphatic carbocycles. The minimum Gasteiger partial charge on any atom is -0.313 e. The van der Waals surface area contributed by atoms with E-state index in [0.29, 0.717) is 5.56 Å². The standard InChI is InChI=1S/C26H30ClN3OS/c1-4-29-14-16-30(17-15-29)24(21-12-8-9-13-22(21)27)23-18(2)19(3)32-26(23)28-25(31)20-10-6-5-7-11-20/h5-13,24H,4,14-17H2,1-3H3,(H,28,31)/t24-/m1/s1. The third kappa shape index (κ3) is 4.76. The second-order valence-corrected chi connectivity index (χ2v) is 9.87. The molecule has 1 aliphatic heterocycles. The molecule has 2 aromatic carbocycles. The van der Waals surface area contributed by atoms with Gasteiger partial charge in [0.2, 0.25) is 0 Å². The van der Waals surface area contributed by atoms with Gasteiger partial charge in [-0.25, -0.2) is 0 Å². The van der Waals surface area contributed by atoms with Crippen molar-refractivity contribution in [2.45, 2.75) is 26.8 Å². The molecule has 1 atom stereocenters. The van der Waals surface area contributed by atoms with Crippen LogP contribution < -0.4 is 5.32 Å². The summed E-state index contributed by atoms with van der Waals surface area (Å²) in [7, 11) is 0. The summed E-state index contributed by atoms with van der Waals surface area (Å²) in [5, 5.41) is 4.89. The second kappa shape index (κ2) is 10.2. The Balaban J connectivity index is 1.76. The van der Waals surface area contributed by atoms with Gasteiger partial charge in [-0.1, -0.05) is 54.9 Å². The smallest absolute Gasteiger partial charge is 0.256 e. The highest BCUT2D eigenvalue weighted by Gasteiger charge is 2.32. The molecule has 1 aromatic heterocycles. The Morgan fingerprint density at radius 2 is 1.69 bits per heavy atom. The van der Waals surface area contributed by atoms with Crippen LogP contribution in [0.5, 0.6) is 0 Å². The van der Waals surface area contributed by atoms with Gasteiger partial charge in [-0.2, -0.15) is 0 Å². The monoisotopic (exact) mass is 467 g/mol. The van der Waals surface area contributed by atoms with E-state index in [-0.39, 0.29) is 11.9 Å². The van der Waals surface area contributed by atoms with Gasteiger partial charge in [-0.15, -0.1) is 11.3 Å². The number of halogens is 1. The number of rotatable bonds is 6. The molecule has 6 heteroatoms. The zero-order valence-electron chi connectivity index (χ0n) is 18.9. The Bertz CT molecular complexity index is 1070. The molecule has 3 aromatic rings. The fourth-order valence-corrected chi connectivity index (χ4v) is 5.73. The van der Waals surface area contributed by atoms with E-state index in [4.69, 9.17) is 11.6 Å². The van der Waals surface area contributed by atoms with Gasteiger partial charge in [0.1, 0.15) is 5.00 Å². The number of likely N-dealkylation sites (N-methyl/N-ethyl adjacent to an activating group) is 1. The molecule has 2 heterocycles. The molecule has 168 valence electrons. The highest BCUT2D eigenvalue weighted by Crippen LogP contribution is 2.44. The van der Waals surface area contributed by atoms with Gasteiger partial charge in [0, 0.05) is 47.2 Å². The van der Waals surface area contributed by atoms with Crippen LogP contribution in [0.4, 0.5) is 5.00 Å². The summed E-state index contributed by atoms with van der Waals surface area (Å²) in [6, 6.07) is 17.5. The van der Waals surface area contributed by atoms with Crippen LogP contribution in [-0.4, -0.2) is 48.4 Å². The quantitative estimate of drug-likeness (QED) is 0.483. The first-order chi connectivity index (χ1) is 15.5. The third-order valence-electron chi connectivity index (χ3n) is 6.39. The van der Waals surface area contributed by atoms with Crippen LogP contribution in [0.25, 0.3) is 0 Å². The predicted molar refractivity (Wildman–Crippen MR) is 135 cm³/mol. The summed E-state index contributed by atoms with van der Waals surface area (Å²) < 4.78 is 0. The molecule has 1 aliphatic rings. The van der Waals surface area contributed by atoms with E-state index in [9.17, 15) is 4.79 Å². The van der Waals surface area contributed by atoms with E-state index < -0.39 is 0 Å². The lowest BCUT2D eigenvalue weighted by atomic mass is 9.94. The Kier molecular flexibility index (Phi) is 7.31. The molecule has 1 N–H and O–H groups in total. The molecule has 0 bridgehead atoms. The van der Waals surface area contributed by atoms with Crippen molar-refractivity contribution in [3.05, 3.63) is 86.8 Å². The summed E-state index contributed by atoms with van der Waals surface area (Å²) in [4.78, 5) is 19.2. The SMILES string of the molecule is CCN1CCN([C@H](c2ccccc2Cl)c2c(NC(=O)c3ccccc3)sc(C)c2C)CC1. The lowest BCUT2D eigenvalue weighted by Crippen LogP contribution is -2.47. The van der Waals surface area contributed by atoms with E-state index in [1.807, 2.05) is 48.5 Å². The van der Waals surface area contributed by atoms with Crippen molar-refractivity contribution in [3.8, 4) is 0 Å². The summed E-state index contributed by atoms with van der Waals surface area (Å²) in [6.07, 6.45) is 0. The molecule has 1 saturated heterocycles. The van der Waals surface area contributed by atoms with Crippen LogP contribution in [0.15, 0.2) is 54.6 Å². The lowest BCUT2D eigenvalue weighted by Gasteiger charge is -2.40. The number of carbonyl (C=O) groups is 1. The molecular formula is C26H30ClN3OS. The van der Waals surface area contributed by atoms with Gasteiger partial charge in [0.25, 0.3) is 5.91 Å². The molecule has 1 amide bonds. The minimum absolute atomic E-state index is 0.00118. The fraction of sp³-hybridized carbons (Fsp3) is 0.346. The fourth-order valence-electron chi connectivity index (χ4n) is 4.40. The highest BCUT2D eigenvalue weighted by molar-refractivity contribution is 7.16. The normalized spacial score (nSPS) is 16.1. The molecular weight excluding hydrogens is 438 g/mol. The third-order valence-corrected chi connectivity index (χ3v) is 7.87. The Morgan fingerprint density at radius 1 is 1.03 bits per heavy atom.